The molecule has 0 unspecified atom stereocenters. The van der Waals surface area contributed by atoms with Crippen molar-refractivity contribution < 1.29 is 14.7 Å². The van der Waals surface area contributed by atoms with Gasteiger partial charge in [-0.1, -0.05) is 26.8 Å². The number of amides is 3. The Balaban J connectivity index is 2.14. The second kappa shape index (κ2) is 8.30. The van der Waals surface area contributed by atoms with Crippen LogP contribution in [0.3, 0.4) is 0 Å². The number of anilines is 1. The molecule has 2 rings (SSSR count). The van der Waals surface area contributed by atoms with Crippen LogP contribution in [0.4, 0.5) is 10.5 Å². The average Bonchev–Trinajstić information content (AvgIpc) is 2.55. The highest BCUT2D eigenvalue weighted by molar-refractivity contribution is 5.97. The average molecular weight is 376 g/mol. The van der Waals surface area contributed by atoms with Crippen LogP contribution in [0.2, 0.25) is 0 Å². The summed E-state index contributed by atoms with van der Waals surface area (Å²) in [7, 11) is 0. The molecule has 3 amide bonds. The fraction of sp³-hybridized carbons (Fsp3) is 0.619. The van der Waals surface area contributed by atoms with Crippen LogP contribution in [0.1, 0.15) is 62.9 Å². The molecule has 150 valence electrons. The maximum absolute atomic E-state index is 12.7. The number of hydrogen-bond donors (Lipinski definition) is 4. The van der Waals surface area contributed by atoms with E-state index in [0.29, 0.717) is 23.7 Å². The quantitative estimate of drug-likeness (QED) is 0.635. The minimum absolute atomic E-state index is 0.0573. The van der Waals surface area contributed by atoms with E-state index in [-0.39, 0.29) is 24.0 Å². The second-order valence-electron chi connectivity index (χ2n) is 8.76. The van der Waals surface area contributed by atoms with E-state index in [9.17, 15) is 14.7 Å². The Morgan fingerprint density at radius 1 is 1.26 bits per heavy atom. The van der Waals surface area contributed by atoms with Gasteiger partial charge in [-0.15, -0.1) is 0 Å². The first kappa shape index (κ1) is 21.2. The van der Waals surface area contributed by atoms with Crippen molar-refractivity contribution in [3.8, 4) is 0 Å². The van der Waals surface area contributed by atoms with Gasteiger partial charge in [0.25, 0.3) is 5.91 Å². The lowest BCUT2D eigenvalue weighted by molar-refractivity contribution is 0.0445. The summed E-state index contributed by atoms with van der Waals surface area (Å²) in [5, 5.41) is 18.7. The molecular weight excluding hydrogens is 342 g/mol. The molecule has 1 aromatic carbocycles. The summed E-state index contributed by atoms with van der Waals surface area (Å²) >= 11 is 0. The summed E-state index contributed by atoms with van der Waals surface area (Å²) in [4.78, 5) is 24.7. The Morgan fingerprint density at radius 2 is 1.96 bits per heavy atom. The number of aryl methyl sites for hydroxylation is 1. The van der Waals surface area contributed by atoms with Gasteiger partial charge < -0.3 is 21.1 Å². The van der Waals surface area contributed by atoms with Gasteiger partial charge in [-0.05, 0) is 62.1 Å². The number of urea groups is 1. The summed E-state index contributed by atoms with van der Waals surface area (Å²) < 4.78 is 0. The van der Waals surface area contributed by atoms with Crippen LogP contribution in [0.15, 0.2) is 18.2 Å². The van der Waals surface area contributed by atoms with Crippen LogP contribution >= 0.6 is 0 Å². The first-order chi connectivity index (χ1) is 12.6. The number of nitrogens with one attached hydrogen (secondary N) is 3. The molecule has 0 heterocycles. The number of aliphatic hydroxyl groups is 1. The van der Waals surface area contributed by atoms with E-state index in [0.717, 1.165) is 24.8 Å². The number of benzene rings is 1. The molecule has 1 aliphatic rings. The molecule has 0 radical (unpaired) electrons. The minimum atomic E-state index is -0.629. The minimum Gasteiger partial charge on any atom is -0.394 e. The van der Waals surface area contributed by atoms with E-state index in [1.54, 1.807) is 12.1 Å². The van der Waals surface area contributed by atoms with Crippen molar-refractivity contribution in [3.05, 3.63) is 29.3 Å². The number of carbonyl (C=O) groups is 2. The first-order valence-electron chi connectivity index (χ1n) is 9.68. The van der Waals surface area contributed by atoms with Gasteiger partial charge in [0.05, 0.1) is 12.1 Å². The summed E-state index contributed by atoms with van der Waals surface area (Å²) in [5.74, 6) is 0.250. The molecule has 1 aliphatic carbocycles. The molecule has 27 heavy (non-hydrogen) atoms. The zero-order chi connectivity index (χ0) is 20.2. The van der Waals surface area contributed by atoms with Gasteiger partial charge in [0.1, 0.15) is 0 Å². The second-order valence-corrected chi connectivity index (χ2v) is 8.76. The SMILES string of the molecule is CCNC(=O)c1ccc(C)c(NC(=O)N[C@@]2(CO)C[C@@H](C)CC(C)(C)C2)c1. The number of rotatable bonds is 5. The lowest BCUT2D eigenvalue weighted by atomic mass is 9.64. The van der Waals surface area contributed by atoms with Gasteiger partial charge >= 0.3 is 6.03 Å². The molecule has 0 spiro atoms. The summed E-state index contributed by atoms with van der Waals surface area (Å²) in [6, 6.07) is 4.88. The third-order valence-corrected chi connectivity index (χ3v) is 5.22. The molecule has 4 N–H and O–H groups in total. The van der Waals surface area contributed by atoms with Crippen LogP contribution in [0.5, 0.6) is 0 Å². The number of hydrogen-bond acceptors (Lipinski definition) is 3. The Labute approximate surface area is 162 Å². The Kier molecular flexibility index (Phi) is 6.52. The van der Waals surface area contributed by atoms with Crippen LogP contribution in [0.25, 0.3) is 0 Å². The highest BCUT2D eigenvalue weighted by Crippen LogP contribution is 2.43. The van der Waals surface area contributed by atoms with Gasteiger partial charge in [-0.3, -0.25) is 4.79 Å². The van der Waals surface area contributed by atoms with Crippen molar-refractivity contribution in [2.24, 2.45) is 11.3 Å². The molecule has 6 nitrogen and oxygen atoms in total. The number of aliphatic hydroxyl groups excluding tert-OH is 1. The largest absolute Gasteiger partial charge is 0.394 e. The Hall–Kier alpha value is -2.08. The van der Waals surface area contributed by atoms with Gasteiger partial charge in [0.15, 0.2) is 0 Å². The van der Waals surface area contributed by atoms with Gasteiger partial charge in [0, 0.05) is 17.8 Å². The lowest BCUT2D eigenvalue weighted by Crippen LogP contribution is -2.58. The molecule has 1 fully saturated rings. The highest BCUT2D eigenvalue weighted by atomic mass is 16.3. The van der Waals surface area contributed by atoms with Crippen LogP contribution in [-0.4, -0.2) is 35.7 Å². The van der Waals surface area contributed by atoms with E-state index in [2.05, 4.69) is 36.7 Å². The third kappa shape index (κ3) is 5.45. The predicted molar refractivity (Wildman–Crippen MR) is 108 cm³/mol. The van der Waals surface area contributed by atoms with E-state index in [4.69, 9.17) is 0 Å². The van der Waals surface area contributed by atoms with Crippen molar-refractivity contribution in [1.29, 1.82) is 0 Å². The summed E-state index contributed by atoms with van der Waals surface area (Å²) in [6.07, 6.45) is 2.55. The Bertz CT molecular complexity index is 702. The van der Waals surface area contributed by atoms with Gasteiger partial charge in [-0.2, -0.15) is 0 Å². The zero-order valence-corrected chi connectivity index (χ0v) is 17.1. The van der Waals surface area contributed by atoms with Gasteiger partial charge in [-0.25, -0.2) is 4.79 Å². The van der Waals surface area contributed by atoms with Crippen LogP contribution in [0, 0.1) is 18.3 Å². The zero-order valence-electron chi connectivity index (χ0n) is 17.1. The standard InChI is InChI=1S/C21H33N3O3/c1-6-22-18(26)16-8-7-15(3)17(9-16)23-19(27)24-21(13-25)11-14(2)10-20(4,5)12-21/h7-9,14,25H,6,10-13H2,1-5H3,(H,22,26)(H2,23,24,27)/t14-,21-/m0/s1. The number of carbonyl (C=O) groups excluding carboxylic acids is 2. The molecule has 0 bridgehead atoms. The fourth-order valence-corrected chi connectivity index (χ4v) is 4.55. The van der Waals surface area contributed by atoms with Crippen molar-refractivity contribution in [2.45, 2.75) is 59.4 Å². The molecule has 1 saturated carbocycles. The normalized spacial score (nSPS) is 24.1. The molecule has 0 aliphatic heterocycles. The van der Waals surface area contributed by atoms with Crippen molar-refractivity contribution >= 4 is 17.6 Å². The van der Waals surface area contributed by atoms with E-state index in [1.807, 2.05) is 19.9 Å². The van der Waals surface area contributed by atoms with E-state index >= 15 is 0 Å². The highest BCUT2D eigenvalue weighted by Gasteiger charge is 2.43. The molecule has 0 aromatic heterocycles. The van der Waals surface area contributed by atoms with Crippen molar-refractivity contribution in [3.63, 3.8) is 0 Å². The summed E-state index contributed by atoms with van der Waals surface area (Å²) in [5.41, 5.74) is 1.39. The molecular formula is C21H33N3O3. The molecule has 6 heteroatoms. The molecule has 1 aromatic rings. The predicted octanol–water partition coefficient (Wildman–Crippen LogP) is 3.44. The Morgan fingerprint density at radius 3 is 2.56 bits per heavy atom. The fourth-order valence-electron chi connectivity index (χ4n) is 4.55. The molecule has 2 atom stereocenters. The van der Waals surface area contributed by atoms with E-state index in [1.165, 1.54) is 0 Å². The smallest absolute Gasteiger partial charge is 0.319 e. The summed E-state index contributed by atoms with van der Waals surface area (Å²) in [6.45, 7) is 10.7. The monoisotopic (exact) mass is 375 g/mol. The topological polar surface area (TPSA) is 90.5 Å². The first-order valence-corrected chi connectivity index (χ1v) is 9.68. The lowest BCUT2D eigenvalue weighted by Gasteiger charge is -2.47. The van der Waals surface area contributed by atoms with Crippen molar-refractivity contribution in [2.75, 3.05) is 18.5 Å². The van der Waals surface area contributed by atoms with E-state index < -0.39 is 5.54 Å². The van der Waals surface area contributed by atoms with Crippen molar-refractivity contribution in [1.82, 2.24) is 10.6 Å². The third-order valence-electron chi connectivity index (χ3n) is 5.22. The maximum atomic E-state index is 12.7. The molecule has 0 saturated heterocycles. The van der Waals surface area contributed by atoms with Crippen LogP contribution in [-0.2, 0) is 0 Å². The maximum Gasteiger partial charge on any atom is 0.319 e. The van der Waals surface area contributed by atoms with Gasteiger partial charge in [0.2, 0.25) is 0 Å². The van der Waals surface area contributed by atoms with Crippen LogP contribution < -0.4 is 16.0 Å².